The average molecular weight is 338 g/mol. The Labute approximate surface area is 145 Å². The number of carbonyl (C=O) groups is 1. The fourth-order valence-corrected chi connectivity index (χ4v) is 3.15. The first-order valence-corrected chi connectivity index (χ1v) is 8.41. The summed E-state index contributed by atoms with van der Waals surface area (Å²) in [7, 11) is 0. The molecule has 1 aromatic carbocycles. The molecular weight excluding hydrogens is 319 g/mol. The van der Waals surface area contributed by atoms with Gasteiger partial charge in [0, 0.05) is 24.7 Å². The molecule has 128 valence electrons. The number of carbonyl (C=O) groups excluding carboxylic acids is 1. The van der Waals surface area contributed by atoms with Gasteiger partial charge < -0.3 is 4.90 Å². The van der Waals surface area contributed by atoms with Crippen molar-refractivity contribution in [2.45, 2.75) is 25.4 Å². The summed E-state index contributed by atoms with van der Waals surface area (Å²) in [5.74, 6) is -0.0997. The molecule has 0 atom stereocenters. The number of rotatable bonds is 2. The molecule has 1 amide bonds. The van der Waals surface area contributed by atoms with Crippen LogP contribution in [0.2, 0.25) is 0 Å². The summed E-state index contributed by atoms with van der Waals surface area (Å²) in [6.45, 7) is 2.47. The van der Waals surface area contributed by atoms with Gasteiger partial charge in [-0.25, -0.2) is 14.1 Å². The van der Waals surface area contributed by atoms with E-state index in [2.05, 4.69) is 10.1 Å². The highest BCUT2D eigenvalue weighted by Gasteiger charge is 2.31. The molecule has 3 heterocycles. The molecule has 1 aliphatic rings. The zero-order chi connectivity index (χ0) is 17.4. The van der Waals surface area contributed by atoms with Gasteiger partial charge in [-0.2, -0.15) is 5.10 Å². The van der Waals surface area contributed by atoms with Crippen molar-refractivity contribution >= 4 is 16.9 Å². The predicted octanol–water partition coefficient (Wildman–Crippen LogP) is 3.38. The van der Waals surface area contributed by atoms with Crippen molar-refractivity contribution in [2.24, 2.45) is 0 Å². The van der Waals surface area contributed by atoms with Crippen molar-refractivity contribution in [2.75, 3.05) is 13.1 Å². The molecule has 1 saturated heterocycles. The van der Waals surface area contributed by atoms with Gasteiger partial charge in [0.05, 0.1) is 17.4 Å². The molecule has 0 bridgehead atoms. The Morgan fingerprint density at radius 1 is 1.16 bits per heavy atom. The molecule has 25 heavy (non-hydrogen) atoms. The van der Waals surface area contributed by atoms with E-state index < -0.39 is 5.67 Å². The SMILES string of the molecule is CC1(F)CCN(C(=O)c2cnc3c(cnn3-c3ccccc3)c2)CC1. The van der Waals surface area contributed by atoms with Crippen LogP contribution in [0.15, 0.2) is 48.8 Å². The summed E-state index contributed by atoms with van der Waals surface area (Å²) >= 11 is 0. The molecular formula is C19H19FN4O. The molecule has 0 unspecified atom stereocenters. The van der Waals surface area contributed by atoms with Gasteiger partial charge in [-0.05, 0) is 38.0 Å². The Bertz CT molecular complexity index is 910. The third-order valence-corrected chi connectivity index (χ3v) is 4.75. The van der Waals surface area contributed by atoms with Gasteiger partial charge in [0.1, 0.15) is 5.67 Å². The minimum Gasteiger partial charge on any atom is -0.338 e. The van der Waals surface area contributed by atoms with E-state index in [0.29, 0.717) is 37.1 Å². The lowest BCUT2D eigenvalue weighted by molar-refractivity contribution is 0.0504. The van der Waals surface area contributed by atoms with E-state index in [-0.39, 0.29) is 5.91 Å². The van der Waals surface area contributed by atoms with Gasteiger partial charge in [-0.1, -0.05) is 18.2 Å². The first kappa shape index (κ1) is 15.7. The first-order chi connectivity index (χ1) is 12.0. The molecule has 5 nitrogen and oxygen atoms in total. The number of benzene rings is 1. The van der Waals surface area contributed by atoms with Gasteiger partial charge in [-0.3, -0.25) is 4.79 Å². The Hall–Kier alpha value is -2.76. The number of aromatic nitrogens is 3. The smallest absolute Gasteiger partial charge is 0.255 e. The number of likely N-dealkylation sites (tertiary alicyclic amines) is 1. The highest BCUT2D eigenvalue weighted by Crippen LogP contribution is 2.27. The maximum Gasteiger partial charge on any atom is 0.255 e. The quantitative estimate of drug-likeness (QED) is 0.720. The summed E-state index contributed by atoms with van der Waals surface area (Å²) in [5.41, 5.74) is 0.971. The molecule has 1 aliphatic heterocycles. The van der Waals surface area contributed by atoms with Crippen LogP contribution in [0.3, 0.4) is 0 Å². The summed E-state index contributed by atoms with van der Waals surface area (Å²) < 4.78 is 15.7. The van der Waals surface area contributed by atoms with Crippen molar-refractivity contribution in [1.82, 2.24) is 19.7 Å². The molecule has 0 aliphatic carbocycles. The van der Waals surface area contributed by atoms with Crippen molar-refractivity contribution in [3.63, 3.8) is 0 Å². The van der Waals surface area contributed by atoms with E-state index in [1.807, 2.05) is 30.3 Å². The van der Waals surface area contributed by atoms with Crippen LogP contribution in [0.5, 0.6) is 0 Å². The zero-order valence-electron chi connectivity index (χ0n) is 14.0. The lowest BCUT2D eigenvalue weighted by Gasteiger charge is -2.34. The number of hydrogen-bond acceptors (Lipinski definition) is 3. The van der Waals surface area contributed by atoms with Gasteiger partial charge >= 0.3 is 0 Å². The van der Waals surface area contributed by atoms with E-state index in [9.17, 15) is 9.18 Å². The van der Waals surface area contributed by atoms with E-state index in [0.717, 1.165) is 11.1 Å². The second kappa shape index (κ2) is 5.95. The van der Waals surface area contributed by atoms with Crippen LogP contribution in [0.1, 0.15) is 30.1 Å². The number of piperidine rings is 1. The first-order valence-electron chi connectivity index (χ1n) is 8.41. The molecule has 0 saturated carbocycles. The van der Waals surface area contributed by atoms with E-state index in [1.54, 1.807) is 35.0 Å². The maximum absolute atomic E-state index is 13.9. The van der Waals surface area contributed by atoms with Crippen molar-refractivity contribution in [3.8, 4) is 5.69 Å². The maximum atomic E-state index is 13.9. The molecule has 0 N–H and O–H groups in total. The summed E-state index contributed by atoms with van der Waals surface area (Å²) in [5, 5.41) is 5.18. The normalized spacial score (nSPS) is 17.0. The van der Waals surface area contributed by atoms with Crippen molar-refractivity contribution in [1.29, 1.82) is 0 Å². The lowest BCUT2D eigenvalue weighted by Crippen LogP contribution is -2.43. The fraction of sp³-hybridized carbons (Fsp3) is 0.316. The number of hydrogen-bond donors (Lipinski definition) is 0. The molecule has 3 aromatic rings. The second-order valence-corrected chi connectivity index (χ2v) is 6.73. The van der Waals surface area contributed by atoms with Crippen LogP contribution < -0.4 is 0 Å². The predicted molar refractivity (Wildman–Crippen MR) is 93.5 cm³/mol. The molecule has 2 aromatic heterocycles. The standard InChI is InChI=1S/C19H19FN4O/c1-19(20)7-9-23(10-8-19)18(25)15-11-14-13-22-24(17(14)21-12-15)16-5-3-2-4-6-16/h2-6,11-13H,7-10H2,1H3. The third kappa shape index (κ3) is 2.99. The molecule has 0 radical (unpaired) electrons. The van der Waals surface area contributed by atoms with E-state index in [1.165, 1.54) is 0 Å². The summed E-state index contributed by atoms with van der Waals surface area (Å²) in [4.78, 5) is 18.8. The van der Waals surface area contributed by atoms with Gasteiger partial charge in [-0.15, -0.1) is 0 Å². The van der Waals surface area contributed by atoms with Crippen LogP contribution in [0.25, 0.3) is 16.7 Å². The third-order valence-electron chi connectivity index (χ3n) is 4.75. The number of para-hydroxylation sites is 1. The highest BCUT2D eigenvalue weighted by molar-refractivity contribution is 5.97. The number of pyridine rings is 1. The minimum atomic E-state index is -1.17. The lowest BCUT2D eigenvalue weighted by atomic mass is 9.95. The Kier molecular flexibility index (Phi) is 3.75. The summed E-state index contributed by atoms with van der Waals surface area (Å²) in [6.07, 6.45) is 4.04. The molecule has 6 heteroatoms. The van der Waals surface area contributed by atoms with Crippen LogP contribution in [0, 0.1) is 0 Å². The van der Waals surface area contributed by atoms with Crippen LogP contribution in [-0.2, 0) is 0 Å². The van der Waals surface area contributed by atoms with Crippen LogP contribution in [0.4, 0.5) is 4.39 Å². The minimum absolute atomic E-state index is 0.0997. The average Bonchev–Trinajstić information content (AvgIpc) is 3.05. The molecule has 0 spiro atoms. The Balaban J connectivity index is 1.61. The molecule has 1 fully saturated rings. The topological polar surface area (TPSA) is 51.0 Å². The number of halogens is 1. The number of amides is 1. The van der Waals surface area contributed by atoms with Crippen LogP contribution in [-0.4, -0.2) is 44.3 Å². The largest absolute Gasteiger partial charge is 0.338 e. The van der Waals surface area contributed by atoms with Crippen molar-refractivity contribution < 1.29 is 9.18 Å². The zero-order valence-corrected chi connectivity index (χ0v) is 14.0. The Morgan fingerprint density at radius 2 is 1.88 bits per heavy atom. The molecule has 4 rings (SSSR count). The van der Waals surface area contributed by atoms with E-state index in [4.69, 9.17) is 0 Å². The van der Waals surface area contributed by atoms with E-state index >= 15 is 0 Å². The van der Waals surface area contributed by atoms with Crippen LogP contribution >= 0.6 is 0 Å². The highest BCUT2D eigenvalue weighted by atomic mass is 19.1. The second-order valence-electron chi connectivity index (χ2n) is 6.73. The van der Waals surface area contributed by atoms with Gasteiger partial charge in [0.15, 0.2) is 5.65 Å². The fourth-order valence-electron chi connectivity index (χ4n) is 3.15. The number of nitrogens with zero attached hydrogens (tertiary/aromatic N) is 4. The number of fused-ring (bicyclic) bond motifs is 1. The Morgan fingerprint density at radius 3 is 2.60 bits per heavy atom. The monoisotopic (exact) mass is 338 g/mol. The summed E-state index contributed by atoms with van der Waals surface area (Å²) in [6, 6.07) is 11.5. The van der Waals surface area contributed by atoms with Gasteiger partial charge in [0.25, 0.3) is 5.91 Å². The van der Waals surface area contributed by atoms with Gasteiger partial charge in [0.2, 0.25) is 0 Å². The number of alkyl halides is 1. The van der Waals surface area contributed by atoms with Crippen molar-refractivity contribution in [3.05, 3.63) is 54.4 Å².